The van der Waals surface area contributed by atoms with E-state index < -0.39 is 10.0 Å². The first-order chi connectivity index (χ1) is 9.94. The van der Waals surface area contributed by atoms with E-state index in [0.29, 0.717) is 17.9 Å². The van der Waals surface area contributed by atoms with Gasteiger partial charge in [0.05, 0.1) is 6.54 Å². The van der Waals surface area contributed by atoms with Crippen LogP contribution in [0.25, 0.3) is 0 Å². The van der Waals surface area contributed by atoms with Gasteiger partial charge in [0.1, 0.15) is 6.33 Å². The van der Waals surface area contributed by atoms with E-state index in [9.17, 15) is 8.42 Å². The molecule has 9 nitrogen and oxygen atoms in total. The molecular weight excluding hydrogens is 294 g/mol. The second-order valence-corrected chi connectivity index (χ2v) is 6.25. The van der Waals surface area contributed by atoms with Gasteiger partial charge in [0.25, 0.3) is 10.0 Å². The molecule has 2 heterocycles. The molecule has 0 amide bonds. The molecule has 0 saturated heterocycles. The molecule has 2 rings (SSSR count). The number of hydrogen-bond acceptors (Lipinski definition) is 6. The number of nitrogens with one attached hydrogen (secondary N) is 3. The molecule has 0 atom stereocenters. The zero-order chi connectivity index (χ0) is 15.5. The molecule has 0 spiro atoms. The summed E-state index contributed by atoms with van der Waals surface area (Å²) >= 11 is 0. The summed E-state index contributed by atoms with van der Waals surface area (Å²) in [6.45, 7) is 4.95. The zero-order valence-electron chi connectivity index (χ0n) is 12.2. The van der Waals surface area contributed by atoms with Crippen LogP contribution in [-0.4, -0.2) is 39.9 Å². The number of aromatic amines is 1. The SMILES string of the molecule is CCNCc1c(S(=O)(=O)NCc2ncn(C)n2)n[nH]c1C. The second kappa shape index (κ2) is 6.33. The van der Waals surface area contributed by atoms with Gasteiger partial charge >= 0.3 is 0 Å². The Morgan fingerprint density at radius 2 is 2.14 bits per heavy atom. The molecular formula is C11H19N7O2S. The minimum atomic E-state index is -3.71. The molecule has 10 heteroatoms. The molecule has 0 saturated carbocycles. The molecule has 116 valence electrons. The largest absolute Gasteiger partial charge is 0.313 e. The Bertz CT molecular complexity index is 704. The van der Waals surface area contributed by atoms with Crippen molar-refractivity contribution < 1.29 is 8.42 Å². The van der Waals surface area contributed by atoms with Crippen LogP contribution in [0.15, 0.2) is 11.4 Å². The summed E-state index contributed by atoms with van der Waals surface area (Å²) in [5, 5.41) is 13.7. The second-order valence-electron chi connectivity index (χ2n) is 4.57. The van der Waals surface area contributed by atoms with Crippen LogP contribution in [0.3, 0.4) is 0 Å². The number of rotatable bonds is 7. The van der Waals surface area contributed by atoms with Crippen LogP contribution in [0, 0.1) is 6.92 Å². The monoisotopic (exact) mass is 313 g/mol. The summed E-state index contributed by atoms with van der Waals surface area (Å²) in [6.07, 6.45) is 1.51. The number of aromatic nitrogens is 5. The average Bonchev–Trinajstić information content (AvgIpc) is 3.01. The maximum Gasteiger partial charge on any atom is 0.260 e. The van der Waals surface area contributed by atoms with E-state index in [0.717, 1.165) is 12.2 Å². The Labute approximate surface area is 123 Å². The molecule has 0 aliphatic carbocycles. The van der Waals surface area contributed by atoms with E-state index in [-0.39, 0.29) is 11.6 Å². The topological polar surface area (TPSA) is 118 Å². The first kappa shape index (κ1) is 15.6. The highest BCUT2D eigenvalue weighted by Gasteiger charge is 2.23. The fourth-order valence-corrected chi connectivity index (χ4v) is 2.97. The molecule has 0 aliphatic heterocycles. The number of nitrogens with zero attached hydrogens (tertiary/aromatic N) is 4. The first-order valence-corrected chi connectivity index (χ1v) is 8.01. The lowest BCUT2D eigenvalue weighted by Gasteiger charge is -2.06. The van der Waals surface area contributed by atoms with Gasteiger partial charge in [-0.05, 0) is 13.5 Å². The Hall–Kier alpha value is -1.78. The van der Waals surface area contributed by atoms with Gasteiger partial charge < -0.3 is 5.32 Å². The van der Waals surface area contributed by atoms with E-state index in [1.807, 2.05) is 6.92 Å². The third-order valence-electron chi connectivity index (χ3n) is 2.91. The highest BCUT2D eigenvalue weighted by atomic mass is 32.2. The average molecular weight is 313 g/mol. The van der Waals surface area contributed by atoms with E-state index in [2.05, 4.69) is 30.3 Å². The summed E-state index contributed by atoms with van der Waals surface area (Å²) in [6, 6.07) is 0. The maximum absolute atomic E-state index is 12.3. The van der Waals surface area contributed by atoms with Crippen LogP contribution in [-0.2, 0) is 30.2 Å². The highest BCUT2D eigenvalue weighted by Crippen LogP contribution is 2.16. The van der Waals surface area contributed by atoms with Crippen LogP contribution in [0.1, 0.15) is 24.0 Å². The fourth-order valence-electron chi connectivity index (χ4n) is 1.80. The standard InChI is InChI=1S/C11H19N7O2S/c1-4-12-5-9-8(2)15-16-11(9)21(19,20)14-6-10-13-7-18(3)17-10/h7,12,14H,4-6H2,1-3H3,(H,15,16). The summed E-state index contributed by atoms with van der Waals surface area (Å²) in [7, 11) is -1.99. The van der Waals surface area contributed by atoms with E-state index in [1.165, 1.54) is 11.0 Å². The van der Waals surface area contributed by atoms with Gasteiger partial charge in [-0.15, -0.1) is 0 Å². The predicted octanol–water partition coefficient (Wildman–Crippen LogP) is -0.565. The molecule has 0 radical (unpaired) electrons. The van der Waals surface area contributed by atoms with Gasteiger partial charge in [0.15, 0.2) is 10.9 Å². The van der Waals surface area contributed by atoms with E-state index in [4.69, 9.17) is 0 Å². The molecule has 3 N–H and O–H groups in total. The number of aryl methyl sites for hydroxylation is 2. The van der Waals surface area contributed by atoms with Crippen molar-refractivity contribution in [2.75, 3.05) is 6.54 Å². The molecule has 21 heavy (non-hydrogen) atoms. The van der Waals surface area contributed by atoms with Crippen LogP contribution in [0.5, 0.6) is 0 Å². The van der Waals surface area contributed by atoms with Crippen molar-refractivity contribution >= 4 is 10.0 Å². The lowest BCUT2D eigenvalue weighted by atomic mass is 10.2. The summed E-state index contributed by atoms with van der Waals surface area (Å²) in [5.74, 6) is 0.404. The molecule has 0 unspecified atom stereocenters. The normalized spacial score (nSPS) is 12.0. The molecule has 0 aliphatic rings. The van der Waals surface area contributed by atoms with Gasteiger partial charge in [-0.3, -0.25) is 9.78 Å². The van der Waals surface area contributed by atoms with E-state index >= 15 is 0 Å². The quantitative estimate of drug-likeness (QED) is 0.630. The Kier molecular flexibility index (Phi) is 4.70. The van der Waals surface area contributed by atoms with Crippen molar-refractivity contribution in [2.24, 2.45) is 7.05 Å². The number of sulfonamides is 1. The highest BCUT2D eigenvalue weighted by molar-refractivity contribution is 7.89. The van der Waals surface area contributed by atoms with Gasteiger partial charge in [-0.25, -0.2) is 18.1 Å². The minimum Gasteiger partial charge on any atom is -0.313 e. The van der Waals surface area contributed by atoms with Crippen molar-refractivity contribution in [1.29, 1.82) is 0 Å². The molecule has 0 bridgehead atoms. The number of hydrogen-bond donors (Lipinski definition) is 3. The van der Waals surface area contributed by atoms with Gasteiger partial charge in [-0.1, -0.05) is 6.92 Å². The smallest absolute Gasteiger partial charge is 0.260 e. The van der Waals surface area contributed by atoms with Crippen molar-refractivity contribution in [1.82, 2.24) is 35.0 Å². The summed E-state index contributed by atoms with van der Waals surface area (Å²) < 4.78 is 28.6. The number of H-pyrrole nitrogens is 1. The lowest BCUT2D eigenvalue weighted by Crippen LogP contribution is -2.26. The molecule has 2 aromatic rings. The third kappa shape index (κ3) is 3.65. The molecule has 0 aromatic carbocycles. The minimum absolute atomic E-state index is 0.0110. The van der Waals surface area contributed by atoms with E-state index in [1.54, 1.807) is 14.0 Å². The van der Waals surface area contributed by atoms with Gasteiger partial charge in [0.2, 0.25) is 0 Å². The molecule has 0 fully saturated rings. The van der Waals surface area contributed by atoms with Crippen LogP contribution < -0.4 is 10.0 Å². The Morgan fingerprint density at radius 1 is 1.38 bits per heavy atom. The van der Waals surface area contributed by atoms with Crippen molar-refractivity contribution in [3.05, 3.63) is 23.4 Å². The van der Waals surface area contributed by atoms with Crippen molar-refractivity contribution in [2.45, 2.75) is 32.0 Å². The van der Waals surface area contributed by atoms with Gasteiger partial charge in [0, 0.05) is 24.8 Å². The van der Waals surface area contributed by atoms with Crippen molar-refractivity contribution in [3.8, 4) is 0 Å². The molecule has 2 aromatic heterocycles. The predicted molar refractivity (Wildman–Crippen MR) is 75.7 cm³/mol. The van der Waals surface area contributed by atoms with Gasteiger partial charge in [-0.2, -0.15) is 10.2 Å². The maximum atomic E-state index is 12.3. The first-order valence-electron chi connectivity index (χ1n) is 6.52. The Balaban J connectivity index is 2.15. The lowest BCUT2D eigenvalue weighted by molar-refractivity contribution is 0.571. The van der Waals surface area contributed by atoms with Crippen LogP contribution in [0.4, 0.5) is 0 Å². The van der Waals surface area contributed by atoms with Crippen molar-refractivity contribution in [3.63, 3.8) is 0 Å². The zero-order valence-corrected chi connectivity index (χ0v) is 13.0. The summed E-state index contributed by atoms with van der Waals surface area (Å²) in [5.41, 5.74) is 1.37. The third-order valence-corrected chi connectivity index (χ3v) is 4.28. The fraction of sp³-hybridized carbons (Fsp3) is 0.545. The van der Waals surface area contributed by atoms with Crippen LogP contribution in [0.2, 0.25) is 0 Å². The summed E-state index contributed by atoms with van der Waals surface area (Å²) in [4.78, 5) is 3.97. The van der Waals surface area contributed by atoms with Crippen LogP contribution >= 0.6 is 0 Å². The Morgan fingerprint density at radius 3 is 2.76 bits per heavy atom.